The fraction of sp³-hybridized carbons (Fsp3) is 0.200. The lowest BCUT2D eigenvalue weighted by molar-refractivity contribution is -0.384. The molecule has 3 N–H and O–H groups in total. The van der Waals surface area contributed by atoms with E-state index in [4.69, 9.17) is 9.47 Å². The lowest BCUT2D eigenvalue weighted by Gasteiger charge is -2.15. The van der Waals surface area contributed by atoms with Crippen LogP contribution >= 0.6 is 0 Å². The van der Waals surface area contributed by atoms with Crippen molar-refractivity contribution in [2.45, 2.75) is 20.0 Å². The zero-order valence-electron chi connectivity index (χ0n) is 16.3. The molecular formula is C20H20N4O6. The minimum absolute atomic E-state index is 0.141. The molecule has 1 heterocycles. The molecule has 1 unspecified atom stereocenters. The fourth-order valence-corrected chi connectivity index (χ4v) is 2.74. The second-order valence-electron chi connectivity index (χ2n) is 6.30. The molecule has 0 aliphatic heterocycles. The van der Waals surface area contributed by atoms with Crippen LogP contribution in [0.5, 0.6) is 11.5 Å². The molecule has 0 fully saturated rings. The lowest BCUT2D eigenvalue weighted by atomic mass is 10.1. The highest BCUT2D eigenvalue weighted by atomic mass is 16.6. The van der Waals surface area contributed by atoms with Crippen LogP contribution in [-0.2, 0) is 4.79 Å². The van der Waals surface area contributed by atoms with Crippen molar-refractivity contribution in [1.82, 2.24) is 15.8 Å². The molecule has 0 aliphatic rings. The number of ether oxygens (including phenoxy) is 2. The number of hydrazine groups is 1. The Balaban J connectivity index is 1.60. The Bertz CT molecular complexity index is 1080. The molecule has 10 heteroatoms. The second kappa shape index (κ2) is 8.95. The summed E-state index contributed by atoms with van der Waals surface area (Å²) in [5.74, 6) is -0.0315. The summed E-state index contributed by atoms with van der Waals surface area (Å²) in [5.41, 5.74) is 5.16. The Morgan fingerprint density at radius 3 is 2.50 bits per heavy atom. The van der Waals surface area contributed by atoms with Crippen molar-refractivity contribution < 1.29 is 24.0 Å². The third-order valence-corrected chi connectivity index (χ3v) is 4.24. The van der Waals surface area contributed by atoms with Crippen LogP contribution in [0.15, 0.2) is 48.7 Å². The van der Waals surface area contributed by atoms with Gasteiger partial charge in [0.15, 0.2) is 6.10 Å². The number of carbonyl (C=O) groups is 2. The molecule has 30 heavy (non-hydrogen) atoms. The van der Waals surface area contributed by atoms with Crippen LogP contribution in [0.25, 0.3) is 10.9 Å². The van der Waals surface area contributed by atoms with Crippen molar-refractivity contribution in [3.8, 4) is 11.5 Å². The van der Waals surface area contributed by atoms with E-state index < -0.39 is 22.8 Å². The van der Waals surface area contributed by atoms with Crippen molar-refractivity contribution >= 4 is 28.4 Å². The van der Waals surface area contributed by atoms with Crippen LogP contribution in [-0.4, -0.2) is 34.4 Å². The van der Waals surface area contributed by atoms with Crippen molar-refractivity contribution in [1.29, 1.82) is 0 Å². The summed E-state index contributed by atoms with van der Waals surface area (Å²) in [4.78, 5) is 37.9. The maximum Gasteiger partial charge on any atom is 0.279 e. The number of fused-ring (bicyclic) bond motifs is 1. The standard InChI is InChI=1S/C20H20N4O6/c1-3-29-14-5-7-15(8-6-14)30-12(2)19(25)22-23-20(26)17-11-21-18-9-4-13(24(27)28)10-16(17)18/h4-12,21H,3H2,1-2H3,(H,22,25)(H,23,26). The van der Waals surface area contributed by atoms with Crippen LogP contribution in [0.4, 0.5) is 5.69 Å². The number of nitrogens with zero attached hydrogens (tertiary/aromatic N) is 1. The molecule has 0 aliphatic carbocycles. The normalized spacial score (nSPS) is 11.5. The second-order valence-corrected chi connectivity index (χ2v) is 6.30. The largest absolute Gasteiger partial charge is 0.494 e. The number of hydrogen-bond donors (Lipinski definition) is 3. The van der Waals surface area contributed by atoms with Crippen LogP contribution in [0.1, 0.15) is 24.2 Å². The number of rotatable bonds is 7. The molecule has 156 valence electrons. The topological polar surface area (TPSA) is 136 Å². The van der Waals surface area contributed by atoms with E-state index in [-0.39, 0.29) is 11.3 Å². The van der Waals surface area contributed by atoms with E-state index in [1.165, 1.54) is 31.3 Å². The third-order valence-electron chi connectivity index (χ3n) is 4.24. The molecule has 1 atom stereocenters. The van der Waals surface area contributed by atoms with E-state index in [2.05, 4.69) is 15.8 Å². The summed E-state index contributed by atoms with van der Waals surface area (Å²) in [6.07, 6.45) is 0.530. The molecule has 0 bridgehead atoms. The smallest absolute Gasteiger partial charge is 0.279 e. The van der Waals surface area contributed by atoms with Gasteiger partial charge in [-0.15, -0.1) is 0 Å². The third kappa shape index (κ3) is 4.66. The Morgan fingerprint density at radius 1 is 1.13 bits per heavy atom. The Morgan fingerprint density at radius 2 is 1.83 bits per heavy atom. The number of H-pyrrole nitrogens is 1. The molecule has 3 aromatic rings. The molecule has 0 spiro atoms. The number of benzene rings is 2. The van der Waals surface area contributed by atoms with E-state index in [0.29, 0.717) is 29.0 Å². The van der Waals surface area contributed by atoms with Gasteiger partial charge < -0.3 is 14.5 Å². The first-order chi connectivity index (χ1) is 14.4. The van der Waals surface area contributed by atoms with Crippen LogP contribution in [0, 0.1) is 10.1 Å². The van der Waals surface area contributed by atoms with Gasteiger partial charge in [0.05, 0.1) is 17.1 Å². The van der Waals surface area contributed by atoms with Gasteiger partial charge in [-0.2, -0.15) is 0 Å². The number of non-ortho nitro benzene ring substituents is 1. The first-order valence-corrected chi connectivity index (χ1v) is 9.14. The summed E-state index contributed by atoms with van der Waals surface area (Å²) in [5, 5.41) is 11.3. The number of aromatic nitrogens is 1. The maximum atomic E-state index is 12.4. The highest BCUT2D eigenvalue weighted by molar-refractivity contribution is 6.07. The Hall–Kier alpha value is -4.08. The van der Waals surface area contributed by atoms with Crippen molar-refractivity contribution in [2.24, 2.45) is 0 Å². The van der Waals surface area contributed by atoms with E-state index >= 15 is 0 Å². The summed E-state index contributed by atoms with van der Waals surface area (Å²) in [6.45, 7) is 3.96. The maximum absolute atomic E-state index is 12.4. The van der Waals surface area contributed by atoms with E-state index in [0.717, 1.165) is 0 Å². The first-order valence-electron chi connectivity index (χ1n) is 9.14. The number of aromatic amines is 1. The van der Waals surface area contributed by atoms with Gasteiger partial charge in [0.1, 0.15) is 11.5 Å². The van der Waals surface area contributed by atoms with Crippen molar-refractivity contribution in [2.75, 3.05) is 6.61 Å². The molecule has 2 aromatic carbocycles. The quantitative estimate of drug-likeness (QED) is 0.403. The van der Waals surface area contributed by atoms with Crippen LogP contribution in [0.3, 0.4) is 0 Å². The monoisotopic (exact) mass is 412 g/mol. The van der Waals surface area contributed by atoms with Crippen molar-refractivity contribution in [3.05, 3.63) is 64.3 Å². The molecule has 10 nitrogen and oxygen atoms in total. The molecule has 3 rings (SSSR count). The Labute approximate surface area is 171 Å². The first kappa shape index (κ1) is 20.6. The number of nitro groups is 1. The van der Waals surface area contributed by atoms with Gasteiger partial charge >= 0.3 is 0 Å². The van der Waals surface area contributed by atoms with Gasteiger partial charge in [0, 0.05) is 29.2 Å². The fourth-order valence-electron chi connectivity index (χ4n) is 2.74. The highest BCUT2D eigenvalue weighted by Gasteiger charge is 2.19. The molecule has 0 saturated heterocycles. The minimum Gasteiger partial charge on any atom is -0.494 e. The molecule has 1 aromatic heterocycles. The number of hydrogen-bond acceptors (Lipinski definition) is 6. The summed E-state index contributed by atoms with van der Waals surface area (Å²) in [6, 6.07) is 10.9. The zero-order valence-corrected chi connectivity index (χ0v) is 16.3. The number of nitro benzene ring substituents is 1. The summed E-state index contributed by atoms with van der Waals surface area (Å²) >= 11 is 0. The average Bonchev–Trinajstić information content (AvgIpc) is 3.16. The average molecular weight is 412 g/mol. The van der Waals surface area contributed by atoms with Gasteiger partial charge in [0.25, 0.3) is 17.5 Å². The van der Waals surface area contributed by atoms with Crippen molar-refractivity contribution in [3.63, 3.8) is 0 Å². The molecular weight excluding hydrogens is 392 g/mol. The lowest BCUT2D eigenvalue weighted by Crippen LogP contribution is -2.47. The van der Waals surface area contributed by atoms with E-state index in [1.807, 2.05) is 6.92 Å². The Kier molecular flexibility index (Phi) is 6.16. The van der Waals surface area contributed by atoms with E-state index in [1.54, 1.807) is 24.3 Å². The van der Waals surface area contributed by atoms with Gasteiger partial charge in [0.2, 0.25) is 0 Å². The number of carbonyl (C=O) groups excluding carboxylic acids is 2. The summed E-state index contributed by atoms with van der Waals surface area (Å²) < 4.78 is 10.9. The molecule has 0 radical (unpaired) electrons. The van der Waals surface area contributed by atoms with Gasteiger partial charge in [-0.25, -0.2) is 0 Å². The van der Waals surface area contributed by atoms with Gasteiger partial charge in [-0.3, -0.25) is 30.6 Å². The minimum atomic E-state index is -0.882. The zero-order chi connectivity index (χ0) is 21.7. The number of amides is 2. The molecule has 0 saturated carbocycles. The molecule has 2 amide bonds. The van der Waals surface area contributed by atoms with Crippen LogP contribution in [0.2, 0.25) is 0 Å². The van der Waals surface area contributed by atoms with E-state index in [9.17, 15) is 19.7 Å². The predicted molar refractivity (Wildman–Crippen MR) is 108 cm³/mol. The van der Waals surface area contributed by atoms with Crippen LogP contribution < -0.4 is 20.3 Å². The SMILES string of the molecule is CCOc1ccc(OC(C)C(=O)NNC(=O)c2c[nH]c3ccc([N+](=O)[O-])cc23)cc1. The predicted octanol–water partition coefficient (Wildman–Crippen LogP) is 2.70. The number of nitrogens with one attached hydrogen (secondary N) is 3. The van der Waals surface area contributed by atoms with Gasteiger partial charge in [-0.05, 0) is 44.2 Å². The highest BCUT2D eigenvalue weighted by Crippen LogP contribution is 2.23. The van der Waals surface area contributed by atoms with Gasteiger partial charge in [-0.1, -0.05) is 0 Å². The summed E-state index contributed by atoms with van der Waals surface area (Å²) in [7, 11) is 0.